The Morgan fingerprint density at radius 3 is 2.88 bits per heavy atom. The average molecular weight is 235 g/mol. The average Bonchev–Trinajstić information content (AvgIpc) is 2.36. The van der Waals surface area contributed by atoms with Gasteiger partial charge in [-0.05, 0) is 31.0 Å². The van der Waals surface area contributed by atoms with Crippen molar-refractivity contribution in [2.45, 2.75) is 33.0 Å². The van der Waals surface area contributed by atoms with Crippen LogP contribution in [0.4, 0.5) is 0 Å². The zero-order valence-corrected chi connectivity index (χ0v) is 10.9. The van der Waals surface area contributed by atoms with Crippen molar-refractivity contribution in [3.63, 3.8) is 0 Å². The van der Waals surface area contributed by atoms with Gasteiger partial charge in [-0.25, -0.2) is 0 Å². The smallest absolute Gasteiger partial charge is 0.222 e. The van der Waals surface area contributed by atoms with E-state index < -0.39 is 5.79 Å². The van der Waals surface area contributed by atoms with Gasteiger partial charge in [-0.2, -0.15) is 0 Å². The first kappa shape index (κ1) is 12.4. The van der Waals surface area contributed by atoms with Crippen molar-refractivity contribution in [2.75, 3.05) is 19.7 Å². The molecule has 1 aromatic carbocycles. The summed E-state index contributed by atoms with van der Waals surface area (Å²) < 4.78 is 11.9. The topological polar surface area (TPSA) is 30.5 Å². The minimum absolute atomic E-state index is 0.503. The van der Waals surface area contributed by atoms with Crippen molar-refractivity contribution in [3.05, 3.63) is 29.3 Å². The van der Waals surface area contributed by atoms with E-state index >= 15 is 0 Å². The van der Waals surface area contributed by atoms with Crippen LogP contribution in [0.15, 0.2) is 18.2 Å². The maximum Gasteiger partial charge on any atom is 0.222 e. The Balaban J connectivity index is 2.20. The van der Waals surface area contributed by atoms with Crippen molar-refractivity contribution in [2.24, 2.45) is 0 Å². The van der Waals surface area contributed by atoms with Crippen molar-refractivity contribution in [1.82, 2.24) is 5.32 Å². The molecule has 0 amide bonds. The quantitative estimate of drug-likeness (QED) is 0.872. The predicted octanol–water partition coefficient (Wildman–Crippen LogP) is 2.41. The van der Waals surface area contributed by atoms with E-state index in [1.165, 1.54) is 11.1 Å². The highest BCUT2D eigenvalue weighted by atomic mass is 16.7. The molecule has 2 rings (SSSR count). The number of nitrogens with one attached hydrogen (secondary N) is 1. The lowest BCUT2D eigenvalue weighted by Gasteiger charge is -2.37. The number of rotatable bonds is 3. The Labute approximate surface area is 103 Å². The summed E-state index contributed by atoms with van der Waals surface area (Å²) in [6.07, 6.45) is 0.841. The van der Waals surface area contributed by atoms with E-state index in [1.807, 2.05) is 12.1 Å². The molecule has 1 heterocycles. The normalized spacial score (nSPS) is 24.6. The van der Waals surface area contributed by atoms with Gasteiger partial charge in [0, 0.05) is 13.0 Å². The van der Waals surface area contributed by atoms with Crippen LogP contribution in [0.2, 0.25) is 0 Å². The number of ether oxygens (including phenoxy) is 2. The van der Waals surface area contributed by atoms with E-state index in [-0.39, 0.29) is 0 Å². The first-order valence-electron chi connectivity index (χ1n) is 6.27. The lowest BCUT2D eigenvalue weighted by atomic mass is 10.1. The summed E-state index contributed by atoms with van der Waals surface area (Å²) in [4.78, 5) is 0. The second kappa shape index (κ2) is 5.07. The van der Waals surface area contributed by atoms with Gasteiger partial charge in [-0.1, -0.05) is 19.1 Å². The molecule has 17 heavy (non-hydrogen) atoms. The van der Waals surface area contributed by atoms with Gasteiger partial charge in [0.15, 0.2) is 0 Å². The van der Waals surface area contributed by atoms with Crippen LogP contribution in [0, 0.1) is 13.8 Å². The summed E-state index contributed by atoms with van der Waals surface area (Å²) in [7, 11) is 0. The van der Waals surface area contributed by atoms with Crippen LogP contribution in [-0.4, -0.2) is 25.5 Å². The van der Waals surface area contributed by atoms with Gasteiger partial charge >= 0.3 is 0 Å². The fraction of sp³-hybridized carbons (Fsp3) is 0.571. The fourth-order valence-corrected chi connectivity index (χ4v) is 2.04. The van der Waals surface area contributed by atoms with Crippen molar-refractivity contribution in [3.8, 4) is 5.75 Å². The summed E-state index contributed by atoms with van der Waals surface area (Å²) in [5, 5.41) is 3.33. The first-order valence-corrected chi connectivity index (χ1v) is 6.27. The highest BCUT2D eigenvalue weighted by Crippen LogP contribution is 2.28. The van der Waals surface area contributed by atoms with Crippen molar-refractivity contribution < 1.29 is 9.47 Å². The number of hydrogen-bond donors (Lipinski definition) is 1. The Bertz CT molecular complexity index is 384. The van der Waals surface area contributed by atoms with Crippen molar-refractivity contribution >= 4 is 0 Å². The van der Waals surface area contributed by atoms with E-state index in [0.717, 1.165) is 25.3 Å². The summed E-state index contributed by atoms with van der Waals surface area (Å²) in [6.45, 7) is 8.64. The molecular weight excluding hydrogens is 214 g/mol. The van der Waals surface area contributed by atoms with Crippen LogP contribution in [0.25, 0.3) is 0 Å². The highest BCUT2D eigenvalue weighted by Gasteiger charge is 2.34. The van der Waals surface area contributed by atoms with Gasteiger partial charge in [0.2, 0.25) is 5.79 Å². The van der Waals surface area contributed by atoms with Gasteiger partial charge in [-0.3, -0.25) is 0 Å². The molecule has 94 valence electrons. The van der Waals surface area contributed by atoms with Gasteiger partial charge in [0.05, 0.1) is 13.2 Å². The number of hydrogen-bond acceptors (Lipinski definition) is 3. The lowest BCUT2D eigenvalue weighted by Crippen LogP contribution is -2.53. The molecule has 1 aliphatic heterocycles. The predicted molar refractivity (Wildman–Crippen MR) is 68.4 cm³/mol. The molecule has 0 saturated carbocycles. The molecule has 1 N–H and O–H groups in total. The maximum atomic E-state index is 6.12. The second-order valence-corrected chi connectivity index (χ2v) is 4.59. The SMILES string of the molecule is CCC1(Oc2cccc(C)c2C)CNCCO1. The summed E-state index contributed by atoms with van der Waals surface area (Å²) in [6, 6.07) is 6.13. The Kier molecular flexibility index (Phi) is 3.69. The molecule has 1 aromatic rings. The maximum absolute atomic E-state index is 6.12. The number of benzene rings is 1. The van der Waals surface area contributed by atoms with E-state index in [0.29, 0.717) is 6.61 Å². The standard InChI is InChI=1S/C14H21NO2/c1-4-14(10-15-8-9-16-14)17-13-7-5-6-11(2)12(13)3/h5-7,15H,4,8-10H2,1-3H3. The molecule has 3 nitrogen and oxygen atoms in total. The zero-order valence-electron chi connectivity index (χ0n) is 10.9. The molecule has 1 fully saturated rings. The molecule has 1 aliphatic rings. The highest BCUT2D eigenvalue weighted by molar-refractivity contribution is 5.38. The van der Waals surface area contributed by atoms with Gasteiger partial charge in [-0.15, -0.1) is 0 Å². The van der Waals surface area contributed by atoms with Gasteiger partial charge in [0.25, 0.3) is 0 Å². The minimum atomic E-state index is -0.503. The minimum Gasteiger partial charge on any atom is -0.461 e. The van der Waals surface area contributed by atoms with Crippen LogP contribution in [-0.2, 0) is 4.74 Å². The van der Waals surface area contributed by atoms with E-state index in [2.05, 4.69) is 32.2 Å². The third-order valence-electron chi connectivity index (χ3n) is 3.43. The van der Waals surface area contributed by atoms with E-state index in [4.69, 9.17) is 9.47 Å². The van der Waals surface area contributed by atoms with E-state index in [9.17, 15) is 0 Å². The molecule has 0 spiro atoms. The Morgan fingerprint density at radius 2 is 2.24 bits per heavy atom. The zero-order chi connectivity index (χ0) is 12.3. The Hall–Kier alpha value is -1.06. The largest absolute Gasteiger partial charge is 0.461 e. The summed E-state index contributed by atoms with van der Waals surface area (Å²) in [5.74, 6) is 0.423. The number of aryl methyl sites for hydroxylation is 1. The molecule has 1 unspecified atom stereocenters. The van der Waals surface area contributed by atoms with E-state index in [1.54, 1.807) is 0 Å². The molecule has 1 atom stereocenters. The van der Waals surface area contributed by atoms with Crippen LogP contribution < -0.4 is 10.1 Å². The number of morpholine rings is 1. The third kappa shape index (κ3) is 2.61. The van der Waals surface area contributed by atoms with Crippen LogP contribution in [0.1, 0.15) is 24.5 Å². The molecule has 3 heteroatoms. The molecule has 1 saturated heterocycles. The van der Waals surface area contributed by atoms with Crippen molar-refractivity contribution in [1.29, 1.82) is 0 Å². The lowest BCUT2D eigenvalue weighted by molar-refractivity contribution is -0.196. The second-order valence-electron chi connectivity index (χ2n) is 4.59. The monoisotopic (exact) mass is 235 g/mol. The third-order valence-corrected chi connectivity index (χ3v) is 3.43. The fourth-order valence-electron chi connectivity index (χ4n) is 2.04. The van der Waals surface area contributed by atoms with Gasteiger partial charge in [0.1, 0.15) is 5.75 Å². The van der Waals surface area contributed by atoms with Gasteiger partial charge < -0.3 is 14.8 Å². The van der Waals surface area contributed by atoms with Crippen LogP contribution >= 0.6 is 0 Å². The molecular formula is C14H21NO2. The van der Waals surface area contributed by atoms with Crippen LogP contribution in [0.5, 0.6) is 5.75 Å². The molecule has 0 bridgehead atoms. The molecule has 0 aliphatic carbocycles. The Morgan fingerprint density at radius 1 is 1.41 bits per heavy atom. The summed E-state index contributed by atoms with van der Waals surface area (Å²) in [5.41, 5.74) is 2.44. The first-order chi connectivity index (χ1) is 8.17. The van der Waals surface area contributed by atoms with Crippen LogP contribution in [0.3, 0.4) is 0 Å². The molecule has 0 radical (unpaired) electrons. The molecule has 0 aromatic heterocycles. The summed E-state index contributed by atoms with van der Waals surface area (Å²) >= 11 is 0.